The van der Waals surface area contributed by atoms with Crippen LogP contribution in [0.25, 0.3) is 0 Å². The lowest BCUT2D eigenvalue weighted by atomic mass is 10.1. The fourth-order valence-corrected chi connectivity index (χ4v) is 3.62. The van der Waals surface area contributed by atoms with Crippen molar-refractivity contribution in [3.8, 4) is 0 Å². The number of aromatic nitrogens is 1. The summed E-state index contributed by atoms with van der Waals surface area (Å²) < 4.78 is 0. The van der Waals surface area contributed by atoms with Crippen molar-refractivity contribution < 1.29 is 5.11 Å². The molecule has 2 rings (SSSR count). The fraction of sp³-hybridized carbons (Fsp3) is 0.786. The molecule has 0 unspecified atom stereocenters. The first-order valence-corrected chi connectivity index (χ1v) is 7.89. The summed E-state index contributed by atoms with van der Waals surface area (Å²) >= 11 is 1.68. The van der Waals surface area contributed by atoms with E-state index in [0.29, 0.717) is 5.92 Å². The molecule has 1 saturated heterocycles. The number of aliphatic hydroxyl groups is 1. The highest BCUT2D eigenvalue weighted by Gasteiger charge is 2.18. The number of nitrogens with zero attached hydrogens (tertiary/aromatic N) is 2. The summed E-state index contributed by atoms with van der Waals surface area (Å²) in [6, 6.07) is 0. The van der Waals surface area contributed by atoms with Gasteiger partial charge in [0, 0.05) is 13.1 Å². The summed E-state index contributed by atoms with van der Waals surface area (Å²) in [6.07, 6.45) is 6.60. The third-order valence-corrected chi connectivity index (χ3v) is 4.65. The van der Waals surface area contributed by atoms with Crippen molar-refractivity contribution in [3.05, 3.63) is 10.6 Å². The molecule has 1 N–H and O–H groups in total. The summed E-state index contributed by atoms with van der Waals surface area (Å²) in [7, 11) is 0. The second-order valence-electron chi connectivity index (χ2n) is 5.37. The molecule has 1 aromatic rings. The van der Waals surface area contributed by atoms with Crippen molar-refractivity contribution in [1.82, 2.24) is 4.98 Å². The number of aliphatic hydroxyl groups excluding tert-OH is 1. The van der Waals surface area contributed by atoms with Crippen LogP contribution in [0.4, 0.5) is 5.13 Å². The topological polar surface area (TPSA) is 36.4 Å². The monoisotopic (exact) mass is 268 g/mol. The molecular formula is C14H24N2OS. The van der Waals surface area contributed by atoms with Gasteiger partial charge < -0.3 is 10.0 Å². The number of thiazole rings is 1. The molecule has 102 valence electrons. The Bertz CT molecular complexity index is 368. The molecule has 0 aliphatic carbocycles. The van der Waals surface area contributed by atoms with E-state index in [1.807, 2.05) is 0 Å². The fourth-order valence-electron chi connectivity index (χ4n) is 2.49. The lowest BCUT2D eigenvalue weighted by Crippen LogP contribution is -2.26. The standard InChI is InChI=1S/C14H24N2OS/c1-11(2)13-12(10-17)18-14(15-13)16-8-6-4-3-5-7-9-16/h11,17H,3-10H2,1-2H3. The van der Waals surface area contributed by atoms with E-state index in [0.717, 1.165) is 28.8 Å². The number of rotatable bonds is 3. The van der Waals surface area contributed by atoms with Crippen LogP contribution < -0.4 is 4.90 Å². The summed E-state index contributed by atoms with van der Waals surface area (Å²) in [4.78, 5) is 8.22. The van der Waals surface area contributed by atoms with Crippen LogP contribution in [0.2, 0.25) is 0 Å². The van der Waals surface area contributed by atoms with Crippen LogP contribution in [0.3, 0.4) is 0 Å². The third kappa shape index (κ3) is 3.23. The van der Waals surface area contributed by atoms with Gasteiger partial charge in [0.1, 0.15) is 0 Å². The predicted molar refractivity (Wildman–Crippen MR) is 77.4 cm³/mol. The molecule has 3 nitrogen and oxygen atoms in total. The predicted octanol–water partition coefficient (Wildman–Crippen LogP) is 3.53. The second-order valence-corrected chi connectivity index (χ2v) is 6.43. The molecule has 0 aromatic carbocycles. The summed E-state index contributed by atoms with van der Waals surface area (Å²) in [5.74, 6) is 0.395. The minimum absolute atomic E-state index is 0.124. The molecule has 1 fully saturated rings. The van der Waals surface area contributed by atoms with Crippen molar-refractivity contribution in [2.45, 2.75) is 58.5 Å². The maximum absolute atomic E-state index is 9.43. The Balaban J connectivity index is 2.15. The van der Waals surface area contributed by atoms with Crippen LogP contribution in [-0.2, 0) is 6.61 Å². The van der Waals surface area contributed by atoms with Gasteiger partial charge in [-0.1, -0.05) is 44.4 Å². The average molecular weight is 268 g/mol. The van der Waals surface area contributed by atoms with Gasteiger partial charge in [-0.2, -0.15) is 0 Å². The SMILES string of the molecule is CC(C)c1nc(N2CCCCCCC2)sc1CO. The van der Waals surface area contributed by atoms with Crippen molar-refractivity contribution in [3.63, 3.8) is 0 Å². The van der Waals surface area contributed by atoms with E-state index in [-0.39, 0.29) is 6.61 Å². The first-order valence-electron chi connectivity index (χ1n) is 7.07. The van der Waals surface area contributed by atoms with Gasteiger partial charge in [0.2, 0.25) is 0 Å². The lowest BCUT2D eigenvalue weighted by Gasteiger charge is -2.23. The van der Waals surface area contributed by atoms with Crippen molar-refractivity contribution in [2.24, 2.45) is 0 Å². The zero-order valence-electron chi connectivity index (χ0n) is 11.5. The Kier molecular flexibility index (Phi) is 5.01. The van der Waals surface area contributed by atoms with Gasteiger partial charge in [-0.15, -0.1) is 0 Å². The highest BCUT2D eigenvalue weighted by Crippen LogP contribution is 2.31. The summed E-state index contributed by atoms with van der Waals surface area (Å²) in [5.41, 5.74) is 1.08. The number of anilines is 1. The molecule has 0 spiro atoms. The molecule has 0 amide bonds. The van der Waals surface area contributed by atoms with Crippen LogP contribution in [0, 0.1) is 0 Å². The first-order chi connectivity index (χ1) is 8.72. The average Bonchev–Trinajstić information content (AvgIpc) is 2.72. The van der Waals surface area contributed by atoms with E-state index in [1.54, 1.807) is 11.3 Å². The van der Waals surface area contributed by atoms with Crippen molar-refractivity contribution in [1.29, 1.82) is 0 Å². The molecule has 2 heterocycles. The maximum Gasteiger partial charge on any atom is 0.185 e. The van der Waals surface area contributed by atoms with E-state index >= 15 is 0 Å². The van der Waals surface area contributed by atoms with Gasteiger partial charge >= 0.3 is 0 Å². The van der Waals surface area contributed by atoms with Gasteiger partial charge in [0.25, 0.3) is 0 Å². The molecule has 0 atom stereocenters. The zero-order valence-corrected chi connectivity index (χ0v) is 12.3. The van der Waals surface area contributed by atoms with Gasteiger partial charge in [0.15, 0.2) is 5.13 Å². The molecule has 1 aliphatic heterocycles. The summed E-state index contributed by atoms with van der Waals surface area (Å²) in [5, 5.41) is 10.5. The van der Waals surface area contributed by atoms with Gasteiger partial charge in [-0.25, -0.2) is 4.98 Å². The molecule has 0 saturated carbocycles. The van der Waals surface area contributed by atoms with Gasteiger partial charge in [0.05, 0.1) is 17.2 Å². The Labute approximate surface area is 114 Å². The Morgan fingerprint density at radius 2 is 1.78 bits per heavy atom. The molecule has 1 aliphatic rings. The van der Waals surface area contributed by atoms with Crippen molar-refractivity contribution in [2.75, 3.05) is 18.0 Å². The number of hydrogen-bond acceptors (Lipinski definition) is 4. The van der Waals surface area contributed by atoms with Crippen LogP contribution in [-0.4, -0.2) is 23.2 Å². The lowest BCUT2D eigenvalue weighted by molar-refractivity contribution is 0.283. The molecule has 4 heteroatoms. The quantitative estimate of drug-likeness (QED) is 0.911. The van der Waals surface area contributed by atoms with Gasteiger partial charge in [-0.3, -0.25) is 0 Å². The first kappa shape index (κ1) is 13.8. The van der Waals surface area contributed by atoms with Gasteiger partial charge in [-0.05, 0) is 18.8 Å². The second kappa shape index (κ2) is 6.53. The van der Waals surface area contributed by atoms with Crippen LogP contribution in [0.1, 0.15) is 62.4 Å². The molecule has 1 aromatic heterocycles. The highest BCUT2D eigenvalue weighted by molar-refractivity contribution is 7.15. The number of hydrogen-bond donors (Lipinski definition) is 1. The maximum atomic E-state index is 9.43. The van der Waals surface area contributed by atoms with E-state index in [2.05, 4.69) is 18.7 Å². The van der Waals surface area contributed by atoms with Crippen LogP contribution >= 0.6 is 11.3 Å². The van der Waals surface area contributed by atoms with Crippen LogP contribution in [0.5, 0.6) is 0 Å². The molecule has 0 bridgehead atoms. The van der Waals surface area contributed by atoms with E-state index in [9.17, 15) is 5.11 Å². The molecule has 0 radical (unpaired) electrons. The Morgan fingerprint density at radius 1 is 1.17 bits per heavy atom. The summed E-state index contributed by atoms with van der Waals surface area (Å²) in [6.45, 7) is 6.65. The smallest absolute Gasteiger partial charge is 0.185 e. The van der Waals surface area contributed by atoms with E-state index in [4.69, 9.17) is 4.98 Å². The minimum atomic E-state index is 0.124. The zero-order chi connectivity index (χ0) is 13.0. The minimum Gasteiger partial charge on any atom is -0.391 e. The van der Waals surface area contributed by atoms with Crippen molar-refractivity contribution >= 4 is 16.5 Å². The normalized spacial score (nSPS) is 17.9. The third-order valence-electron chi connectivity index (χ3n) is 3.53. The Morgan fingerprint density at radius 3 is 2.28 bits per heavy atom. The molecular weight excluding hydrogens is 244 g/mol. The largest absolute Gasteiger partial charge is 0.391 e. The van der Waals surface area contributed by atoms with E-state index in [1.165, 1.54) is 32.1 Å². The van der Waals surface area contributed by atoms with E-state index < -0.39 is 0 Å². The highest BCUT2D eigenvalue weighted by atomic mass is 32.1. The Hall–Kier alpha value is -0.610. The molecule has 18 heavy (non-hydrogen) atoms. The van der Waals surface area contributed by atoms with Crippen LogP contribution in [0.15, 0.2) is 0 Å².